The normalized spacial score (nSPS) is 19.8. The summed E-state index contributed by atoms with van der Waals surface area (Å²) in [5.41, 5.74) is 6.65. The van der Waals surface area contributed by atoms with E-state index in [1.165, 1.54) is 0 Å². The molecule has 1 atom stereocenters. The molecule has 3 N–H and O–H groups in total. The van der Waals surface area contributed by atoms with Crippen LogP contribution in [0.5, 0.6) is 0 Å². The SMILES string of the molecule is CC(C)(NC(=O)C1CCNN1)c1ccc(Br)cc1. The molecule has 0 bridgehead atoms. The Bertz CT molecular complexity index is 424. The molecule has 5 heteroatoms. The molecule has 1 unspecified atom stereocenters. The van der Waals surface area contributed by atoms with Crippen molar-refractivity contribution in [3.05, 3.63) is 34.3 Å². The summed E-state index contributed by atoms with van der Waals surface area (Å²) < 4.78 is 1.04. The third-order valence-electron chi connectivity index (χ3n) is 3.15. The topological polar surface area (TPSA) is 53.2 Å². The number of rotatable bonds is 3. The lowest BCUT2D eigenvalue weighted by atomic mass is 9.94. The third kappa shape index (κ3) is 3.10. The summed E-state index contributed by atoms with van der Waals surface area (Å²) in [4.78, 5) is 12.1. The minimum absolute atomic E-state index is 0.0351. The van der Waals surface area contributed by atoms with Crippen molar-refractivity contribution in [1.29, 1.82) is 0 Å². The maximum Gasteiger partial charge on any atom is 0.239 e. The first-order chi connectivity index (χ1) is 8.49. The number of hydrogen-bond acceptors (Lipinski definition) is 3. The van der Waals surface area contributed by atoms with E-state index < -0.39 is 0 Å². The number of amides is 1. The molecule has 1 amide bonds. The van der Waals surface area contributed by atoms with Gasteiger partial charge in [0, 0.05) is 11.0 Å². The summed E-state index contributed by atoms with van der Waals surface area (Å²) in [7, 11) is 0. The van der Waals surface area contributed by atoms with Crippen molar-refractivity contribution >= 4 is 21.8 Å². The van der Waals surface area contributed by atoms with Crippen molar-refractivity contribution in [2.45, 2.75) is 31.8 Å². The van der Waals surface area contributed by atoms with Gasteiger partial charge in [0.2, 0.25) is 5.91 Å². The molecule has 4 nitrogen and oxygen atoms in total. The predicted molar refractivity (Wildman–Crippen MR) is 74.9 cm³/mol. The minimum Gasteiger partial charge on any atom is -0.346 e. The van der Waals surface area contributed by atoms with Gasteiger partial charge in [-0.15, -0.1) is 0 Å². The Balaban J connectivity index is 2.06. The second kappa shape index (κ2) is 5.38. The smallest absolute Gasteiger partial charge is 0.239 e. The van der Waals surface area contributed by atoms with Crippen molar-refractivity contribution in [3.8, 4) is 0 Å². The molecule has 1 aromatic carbocycles. The molecule has 1 aliphatic rings. The molecule has 1 aromatic rings. The van der Waals surface area contributed by atoms with Gasteiger partial charge in [-0.2, -0.15) is 0 Å². The van der Waals surface area contributed by atoms with Crippen molar-refractivity contribution in [3.63, 3.8) is 0 Å². The maximum atomic E-state index is 12.1. The molecule has 1 saturated heterocycles. The van der Waals surface area contributed by atoms with Crippen LogP contribution in [0.1, 0.15) is 25.8 Å². The van der Waals surface area contributed by atoms with E-state index in [0.29, 0.717) is 0 Å². The fraction of sp³-hybridized carbons (Fsp3) is 0.462. The molecular formula is C13H18BrN3O. The summed E-state index contributed by atoms with van der Waals surface area (Å²) in [6, 6.07) is 7.87. The van der Waals surface area contributed by atoms with Crippen LogP contribution in [0.2, 0.25) is 0 Å². The molecule has 18 heavy (non-hydrogen) atoms. The van der Waals surface area contributed by atoms with Crippen LogP contribution < -0.4 is 16.2 Å². The molecule has 1 fully saturated rings. The Morgan fingerprint density at radius 1 is 1.39 bits per heavy atom. The van der Waals surface area contributed by atoms with E-state index in [2.05, 4.69) is 32.1 Å². The molecule has 98 valence electrons. The summed E-state index contributed by atoms with van der Waals surface area (Å²) in [6.45, 7) is 4.85. The highest BCUT2D eigenvalue weighted by Crippen LogP contribution is 2.22. The maximum absolute atomic E-state index is 12.1. The lowest BCUT2D eigenvalue weighted by molar-refractivity contribution is -0.124. The quantitative estimate of drug-likeness (QED) is 0.796. The first kappa shape index (κ1) is 13.5. The lowest BCUT2D eigenvalue weighted by Gasteiger charge is -2.28. The van der Waals surface area contributed by atoms with Crippen LogP contribution in [0.4, 0.5) is 0 Å². The van der Waals surface area contributed by atoms with Gasteiger partial charge in [0.05, 0.1) is 5.54 Å². The second-order valence-corrected chi connectivity index (χ2v) is 5.95. The highest BCUT2D eigenvalue weighted by atomic mass is 79.9. The van der Waals surface area contributed by atoms with E-state index in [9.17, 15) is 4.79 Å². The summed E-state index contributed by atoms with van der Waals surface area (Å²) in [6.07, 6.45) is 0.822. The monoisotopic (exact) mass is 311 g/mol. The Hall–Kier alpha value is -0.910. The van der Waals surface area contributed by atoms with E-state index in [1.807, 2.05) is 38.1 Å². The minimum atomic E-state index is -0.373. The Morgan fingerprint density at radius 3 is 2.61 bits per heavy atom. The van der Waals surface area contributed by atoms with E-state index in [4.69, 9.17) is 0 Å². The van der Waals surface area contributed by atoms with Crippen LogP contribution in [-0.2, 0) is 10.3 Å². The van der Waals surface area contributed by atoms with Gasteiger partial charge in [0.1, 0.15) is 6.04 Å². The zero-order chi connectivity index (χ0) is 13.2. The summed E-state index contributed by atoms with van der Waals surface area (Å²) in [5, 5.41) is 3.08. The van der Waals surface area contributed by atoms with Crippen molar-refractivity contribution in [2.75, 3.05) is 6.54 Å². The van der Waals surface area contributed by atoms with Crippen LogP contribution >= 0.6 is 15.9 Å². The molecular weight excluding hydrogens is 294 g/mol. The highest BCUT2D eigenvalue weighted by molar-refractivity contribution is 9.10. The van der Waals surface area contributed by atoms with Crippen molar-refractivity contribution < 1.29 is 4.79 Å². The van der Waals surface area contributed by atoms with E-state index >= 15 is 0 Å². The van der Waals surface area contributed by atoms with Gasteiger partial charge in [-0.25, -0.2) is 5.43 Å². The fourth-order valence-electron chi connectivity index (χ4n) is 2.01. The molecule has 0 radical (unpaired) electrons. The van der Waals surface area contributed by atoms with Gasteiger partial charge in [0.25, 0.3) is 0 Å². The van der Waals surface area contributed by atoms with Crippen molar-refractivity contribution in [1.82, 2.24) is 16.2 Å². The first-order valence-corrected chi connectivity index (χ1v) is 6.85. The van der Waals surface area contributed by atoms with Gasteiger partial charge in [0.15, 0.2) is 0 Å². The predicted octanol–water partition coefficient (Wildman–Crippen LogP) is 1.67. The third-order valence-corrected chi connectivity index (χ3v) is 3.68. The van der Waals surface area contributed by atoms with Crippen LogP contribution in [0.3, 0.4) is 0 Å². The number of benzene rings is 1. The van der Waals surface area contributed by atoms with Crippen LogP contribution in [0.25, 0.3) is 0 Å². The second-order valence-electron chi connectivity index (χ2n) is 5.03. The average molecular weight is 312 g/mol. The Kier molecular flexibility index (Phi) is 4.04. The molecule has 1 heterocycles. The van der Waals surface area contributed by atoms with E-state index in [0.717, 1.165) is 23.0 Å². The average Bonchev–Trinajstić information content (AvgIpc) is 2.82. The zero-order valence-corrected chi connectivity index (χ0v) is 12.2. The van der Waals surface area contributed by atoms with Gasteiger partial charge < -0.3 is 5.32 Å². The van der Waals surface area contributed by atoms with Crippen LogP contribution in [0, 0.1) is 0 Å². The summed E-state index contributed by atoms with van der Waals surface area (Å²) >= 11 is 3.41. The highest BCUT2D eigenvalue weighted by Gasteiger charge is 2.28. The fourth-order valence-corrected chi connectivity index (χ4v) is 2.28. The van der Waals surface area contributed by atoms with Gasteiger partial charge in [-0.1, -0.05) is 28.1 Å². The largest absolute Gasteiger partial charge is 0.346 e. The molecule has 1 aliphatic heterocycles. The Morgan fingerprint density at radius 2 is 2.06 bits per heavy atom. The number of nitrogens with one attached hydrogen (secondary N) is 3. The number of halogens is 1. The van der Waals surface area contributed by atoms with Crippen LogP contribution in [0.15, 0.2) is 28.7 Å². The molecule has 0 aliphatic carbocycles. The number of hydrazine groups is 1. The Labute approximate surface area is 116 Å². The lowest BCUT2D eigenvalue weighted by Crippen LogP contribution is -2.49. The number of carbonyl (C=O) groups is 1. The van der Waals surface area contributed by atoms with Gasteiger partial charge >= 0.3 is 0 Å². The molecule has 0 spiro atoms. The van der Waals surface area contributed by atoms with E-state index in [1.54, 1.807) is 0 Å². The van der Waals surface area contributed by atoms with Crippen molar-refractivity contribution in [2.24, 2.45) is 0 Å². The standard InChI is InChI=1S/C13H18BrN3O/c1-13(2,9-3-5-10(14)6-4-9)16-12(18)11-7-8-15-17-11/h3-6,11,15,17H,7-8H2,1-2H3,(H,16,18). The molecule has 0 saturated carbocycles. The zero-order valence-electron chi connectivity index (χ0n) is 10.6. The molecule has 0 aromatic heterocycles. The summed E-state index contributed by atoms with van der Waals surface area (Å²) in [5.74, 6) is 0.0351. The van der Waals surface area contributed by atoms with E-state index in [-0.39, 0.29) is 17.5 Å². The number of hydrogen-bond donors (Lipinski definition) is 3. The van der Waals surface area contributed by atoms with Gasteiger partial charge in [-0.05, 0) is 38.0 Å². The number of carbonyl (C=O) groups excluding carboxylic acids is 1. The first-order valence-electron chi connectivity index (χ1n) is 6.05. The van der Waals surface area contributed by atoms with Crippen LogP contribution in [-0.4, -0.2) is 18.5 Å². The van der Waals surface area contributed by atoms with Gasteiger partial charge in [-0.3, -0.25) is 10.2 Å². The molecule has 2 rings (SSSR count).